The zero-order valence-electron chi connectivity index (χ0n) is 12.4. The molecule has 116 valence electrons. The van der Waals surface area contributed by atoms with Crippen LogP contribution >= 0.6 is 11.3 Å². The Balaban J connectivity index is 1.52. The Morgan fingerprint density at radius 2 is 2.24 bits per heavy atom. The Bertz CT molecular complexity index is 487. The fraction of sp³-hybridized carbons (Fsp3) is 0.786. The first-order chi connectivity index (χ1) is 10.2. The van der Waals surface area contributed by atoms with E-state index < -0.39 is 0 Å². The number of carbonyl (C=O) groups is 1. The number of rotatable bonds is 3. The van der Waals surface area contributed by atoms with Crippen LogP contribution in [0.25, 0.3) is 0 Å². The number of morpholine rings is 1. The summed E-state index contributed by atoms with van der Waals surface area (Å²) in [5, 5.41) is 12.8. The number of anilines is 1. The predicted molar refractivity (Wildman–Crippen MR) is 81.6 cm³/mol. The lowest BCUT2D eigenvalue weighted by Gasteiger charge is -2.30. The molecule has 1 aromatic rings. The number of hydrogen-bond donors (Lipinski definition) is 1. The lowest BCUT2D eigenvalue weighted by Crippen LogP contribution is -2.46. The summed E-state index contributed by atoms with van der Waals surface area (Å²) in [4.78, 5) is 13.9. The quantitative estimate of drug-likeness (QED) is 0.931. The molecule has 0 aromatic carbocycles. The molecule has 0 spiro atoms. The lowest BCUT2D eigenvalue weighted by atomic mass is 10.1. The van der Waals surface area contributed by atoms with Crippen molar-refractivity contribution in [1.29, 1.82) is 0 Å². The van der Waals surface area contributed by atoms with Gasteiger partial charge in [0.1, 0.15) is 5.01 Å². The highest BCUT2D eigenvalue weighted by Crippen LogP contribution is 2.29. The van der Waals surface area contributed by atoms with E-state index in [1.54, 1.807) is 4.90 Å². The van der Waals surface area contributed by atoms with Crippen molar-refractivity contribution in [2.24, 2.45) is 5.92 Å². The van der Waals surface area contributed by atoms with Crippen LogP contribution in [0, 0.1) is 5.92 Å². The standard InChI is InChI=1S/C14H22N4O2S/c1-10-9-18(6-7-20-10)14(19)15-13-17-16-12(21-13)8-11-4-2-3-5-11/h10-11H,2-9H2,1H3,(H,15,17,19)/t10-/m1/s1. The van der Waals surface area contributed by atoms with Crippen molar-refractivity contribution in [1.82, 2.24) is 15.1 Å². The Labute approximate surface area is 128 Å². The van der Waals surface area contributed by atoms with Crippen LogP contribution in [-0.4, -0.2) is 46.9 Å². The summed E-state index contributed by atoms with van der Waals surface area (Å²) in [6.07, 6.45) is 6.36. The highest BCUT2D eigenvalue weighted by atomic mass is 32.1. The second kappa shape index (κ2) is 6.70. The molecule has 1 saturated carbocycles. The highest BCUT2D eigenvalue weighted by molar-refractivity contribution is 7.15. The Morgan fingerprint density at radius 1 is 1.43 bits per heavy atom. The van der Waals surface area contributed by atoms with Crippen LogP contribution in [0.2, 0.25) is 0 Å². The minimum absolute atomic E-state index is 0.0943. The summed E-state index contributed by atoms with van der Waals surface area (Å²) in [5.41, 5.74) is 0. The highest BCUT2D eigenvalue weighted by Gasteiger charge is 2.23. The maximum Gasteiger partial charge on any atom is 0.323 e. The smallest absolute Gasteiger partial charge is 0.323 e. The molecular weight excluding hydrogens is 288 g/mol. The van der Waals surface area contributed by atoms with E-state index in [1.807, 2.05) is 6.92 Å². The second-order valence-corrected chi connectivity index (χ2v) is 6.98. The van der Waals surface area contributed by atoms with Crippen molar-refractivity contribution < 1.29 is 9.53 Å². The number of hydrogen-bond acceptors (Lipinski definition) is 5. The molecule has 1 atom stereocenters. The zero-order chi connectivity index (χ0) is 14.7. The second-order valence-electron chi connectivity index (χ2n) is 5.91. The molecule has 3 rings (SSSR count). The first-order valence-corrected chi connectivity index (χ1v) is 8.52. The number of aromatic nitrogens is 2. The first kappa shape index (κ1) is 14.7. The monoisotopic (exact) mass is 310 g/mol. The molecule has 21 heavy (non-hydrogen) atoms. The summed E-state index contributed by atoms with van der Waals surface area (Å²) in [5.74, 6) is 0.751. The Kier molecular flexibility index (Phi) is 4.70. The topological polar surface area (TPSA) is 67.4 Å². The van der Waals surface area contributed by atoms with E-state index in [-0.39, 0.29) is 12.1 Å². The van der Waals surface area contributed by atoms with Crippen LogP contribution in [0.1, 0.15) is 37.6 Å². The van der Waals surface area contributed by atoms with Gasteiger partial charge in [-0.3, -0.25) is 5.32 Å². The molecule has 2 heterocycles. The van der Waals surface area contributed by atoms with Crippen LogP contribution in [0.3, 0.4) is 0 Å². The van der Waals surface area contributed by atoms with Crippen LogP contribution in [-0.2, 0) is 11.2 Å². The fourth-order valence-electron chi connectivity index (χ4n) is 3.02. The van der Waals surface area contributed by atoms with Gasteiger partial charge in [0.05, 0.1) is 12.7 Å². The minimum atomic E-state index is -0.103. The molecular formula is C14H22N4O2S. The van der Waals surface area contributed by atoms with Crippen molar-refractivity contribution in [2.45, 2.75) is 45.1 Å². The predicted octanol–water partition coefficient (Wildman–Crippen LogP) is 2.52. The van der Waals surface area contributed by atoms with Crippen LogP contribution in [0.15, 0.2) is 0 Å². The van der Waals surface area contributed by atoms with Crippen molar-refractivity contribution in [2.75, 3.05) is 25.0 Å². The number of nitrogens with one attached hydrogen (secondary N) is 1. The van der Waals surface area contributed by atoms with Crippen molar-refractivity contribution in [3.8, 4) is 0 Å². The van der Waals surface area contributed by atoms with Crippen LogP contribution < -0.4 is 5.32 Å². The van der Waals surface area contributed by atoms with Crippen molar-refractivity contribution in [3.63, 3.8) is 0 Å². The van der Waals surface area contributed by atoms with Gasteiger partial charge in [0.15, 0.2) is 0 Å². The van der Waals surface area contributed by atoms with Gasteiger partial charge in [-0.1, -0.05) is 37.0 Å². The summed E-state index contributed by atoms with van der Waals surface area (Å²) in [6.45, 7) is 3.82. The minimum Gasteiger partial charge on any atom is -0.375 e. The average Bonchev–Trinajstić information content (AvgIpc) is 3.11. The summed E-state index contributed by atoms with van der Waals surface area (Å²) >= 11 is 1.50. The molecule has 2 amide bonds. The van der Waals surface area contributed by atoms with E-state index in [4.69, 9.17) is 4.74 Å². The first-order valence-electron chi connectivity index (χ1n) is 7.70. The van der Waals surface area contributed by atoms with Crippen molar-refractivity contribution in [3.05, 3.63) is 5.01 Å². The van der Waals surface area contributed by atoms with Gasteiger partial charge in [0.25, 0.3) is 0 Å². The Morgan fingerprint density at radius 3 is 3.00 bits per heavy atom. The molecule has 1 aliphatic carbocycles. The molecule has 6 nitrogen and oxygen atoms in total. The Hall–Kier alpha value is -1.21. The maximum atomic E-state index is 12.2. The summed E-state index contributed by atoms with van der Waals surface area (Å²) in [7, 11) is 0. The molecule has 1 N–H and O–H groups in total. The zero-order valence-corrected chi connectivity index (χ0v) is 13.2. The molecule has 0 unspecified atom stereocenters. The molecule has 0 bridgehead atoms. The van der Waals surface area contributed by atoms with Gasteiger partial charge in [-0.2, -0.15) is 0 Å². The van der Waals surface area contributed by atoms with Crippen LogP contribution in [0.5, 0.6) is 0 Å². The number of carbonyl (C=O) groups excluding carboxylic acids is 1. The summed E-state index contributed by atoms with van der Waals surface area (Å²) < 4.78 is 5.44. The summed E-state index contributed by atoms with van der Waals surface area (Å²) in [6, 6.07) is -0.103. The van der Waals surface area contributed by atoms with E-state index in [1.165, 1.54) is 37.0 Å². The van der Waals surface area contributed by atoms with Gasteiger partial charge in [-0.15, -0.1) is 10.2 Å². The average molecular weight is 310 g/mol. The normalized spacial score (nSPS) is 23.5. The number of amides is 2. The third kappa shape index (κ3) is 3.91. The lowest BCUT2D eigenvalue weighted by molar-refractivity contribution is -0.00138. The van der Waals surface area contributed by atoms with Gasteiger partial charge in [-0.05, 0) is 12.8 Å². The van der Waals surface area contributed by atoms with Gasteiger partial charge < -0.3 is 9.64 Å². The molecule has 2 aliphatic rings. The SMILES string of the molecule is C[C@@H]1CN(C(=O)Nc2nnc(CC3CCCC3)s2)CCO1. The largest absolute Gasteiger partial charge is 0.375 e. The van der Waals surface area contributed by atoms with E-state index in [2.05, 4.69) is 15.5 Å². The maximum absolute atomic E-state index is 12.2. The number of nitrogens with zero attached hydrogens (tertiary/aromatic N) is 3. The third-order valence-corrected chi connectivity index (χ3v) is 5.01. The van der Waals surface area contributed by atoms with Gasteiger partial charge in [0.2, 0.25) is 5.13 Å². The molecule has 7 heteroatoms. The molecule has 1 aliphatic heterocycles. The number of ether oxygens (including phenoxy) is 1. The molecule has 0 radical (unpaired) electrons. The van der Waals surface area contributed by atoms with Gasteiger partial charge in [0, 0.05) is 19.5 Å². The van der Waals surface area contributed by atoms with Gasteiger partial charge >= 0.3 is 6.03 Å². The molecule has 1 aromatic heterocycles. The van der Waals surface area contributed by atoms with E-state index in [0.29, 0.717) is 24.8 Å². The van der Waals surface area contributed by atoms with Crippen LogP contribution in [0.4, 0.5) is 9.93 Å². The van der Waals surface area contributed by atoms with E-state index >= 15 is 0 Å². The molecule has 2 fully saturated rings. The third-order valence-electron chi connectivity index (χ3n) is 4.15. The van der Waals surface area contributed by atoms with E-state index in [9.17, 15) is 4.79 Å². The molecule has 1 saturated heterocycles. The van der Waals surface area contributed by atoms with Crippen molar-refractivity contribution >= 4 is 22.5 Å². The number of urea groups is 1. The van der Waals surface area contributed by atoms with E-state index in [0.717, 1.165) is 17.3 Å². The van der Waals surface area contributed by atoms with Gasteiger partial charge in [-0.25, -0.2) is 4.79 Å². The fourth-order valence-corrected chi connectivity index (χ4v) is 3.87.